The molecule has 0 spiro atoms. The standard InChI is InChI=1S/C26H38ClN5O/c1-4-8-23(29-20-12-11-19-9-7-10-22(27)21(19)15-20)25(33)30-24-16-32(18-28-24)26(2,3)17-31-13-5-6-14-31/h7,9-10,16,18,20,23,29H,4-6,8,11-15,17H2,1-3H3,(H,30,33)/t20?,23-/m0/s1. The predicted octanol–water partition coefficient (Wildman–Crippen LogP) is 4.62. The zero-order valence-electron chi connectivity index (χ0n) is 20.2. The molecule has 0 radical (unpaired) electrons. The van der Waals surface area contributed by atoms with Crippen LogP contribution in [0.2, 0.25) is 5.02 Å². The number of nitrogens with one attached hydrogen (secondary N) is 2. The number of hydrogen-bond donors (Lipinski definition) is 2. The molecule has 1 fully saturated rings. The van der Waals surface area contributed by atoms with Crippen LogP contribution in [0.4, 0.5) is 5.82 Å². The Labute approximate surface area is 203 Å². The van der Waals surface area contributed by atoms with Gasteiger partial charge in [-0.3, -0.25) is 4.79 Å². The van der Waals surface area contributed by atoms with E-state index in [2.05, 4.69) is 51.9 Å². The monoisotopic (exact) mass is 471 g/mol. The van der Waals surface area contributed by atoms with Gasteiger partial charge in [-0.1, -0.05) is 37.1 Å². The molecule has 0 bridgehead atoms. The minimum absolute atomic E-state index is 0.00981. The minimum Gasteiger partial charge on any atom is -0.328 e. The highest BCUT2D eigenvalue weighted by Gasteiger charge is 2.28. The van der Waals surface area contributed by atoms with Gasteiger partial charge in [0.05, 0.1) is 17.9 Å². The molecule has 1 aromatic carbocycles. The quantitative estimate of drug-likeness (QED) is 0.560. The molecule has 2 aromatic rings. The van der Waals surface area contributed by atoms with Gasteiger partial charge < -0.3 is 20.1 Å². The van der Waals surface area contributed by atoms with Crippen LogP contribution in [0.25, 0.3) is 0 Å². The summed E-state index contributed by atoms with van der Waals surface area (Å²) in [6.07, 6.45) is 11.0. The van der Waals surface area contributed by atoms with Crippen molar-refractivity contribution in [3.63, 3.8) is 0 Å². The molecule has 1 aliphatic heterocycles. The van der Waals surface area contributed by atoms with Crippen LogP contribution in [0, 0.1) is 0 Å². The number of anilines is 1. The number of carbonyl (C=O) groups excluding carboxylic acids is 1. The Morgan fingerprint density at radius 2 is 2.09 bits per heavy atom. The van der Waals surface area contributed by atoms with Crippen LogP contribution < -0.4 is 10.6 Å². The summed E-state index contributed by atoms with van der Waals surface area (Å²) in [5.41, 5.74) is 2.48. The van der Waals surface area contributed by atoms with Gasteiger partial charge in [0.25, 0.3) is 0 Å². The van der Waals surface area contributed by atoms with Gasteiger partial charge in [0.15, 0.2) is 5.82 Å². The third-order valence-corrected chi connectivity index (χ3v) is 7.46. The van der Waals surface area contributed by atoms with Gasteiger partial charge in [0, 0.05) is 23.8 Å². The Morgan fingerprint density at radius 1 is 1.30 bits per heavy atom. The van der Waals surface area contributed by atoms with Crippen LogP contribution in [-0.4, -0.2) is 52.1 Å². The van der Waals surface area contributed by atoms with E-state index in [0.29, 0.717) is 5.82 Å². The van der Waals surface area contributed by atoms with E-state index in [1.165, 1.54) is 37.1 Å². The minimum atomic E-state index is -0.244. The molecule has 33 heavy (non-hydrogen) atoms. The second-order valence-electron chi connectivity index (χ2n) is 10.3. The fourth-order valence-electron chi connectivity index (χ4n) is 5.25. The van der Waals surface area contributed by atoms with Crippen LogP contribution in [0.5, 0.6) is 0 Å². The van der Waals surface area contributed by atoms with E-state index in [0.717, 1.165) is 43.7 Å². The predicted molar refractivity (Wildman–Crippen MR) is 135 cm³/mol. The highest BCUT2D eigenvalue weighted by molar-refractivity contribution is 6.31. The summed E-state index contributed by atoms with van der Waals surface area (Å²) in [5, 5.41) is 7.51. The number of rotatable bonds is 9. The number of hydrogen-bond acceptors (Lipinski definition) is 4. The average molecular weight is 472 g/mol. The molecule has 1 aromatic heterocycles. The highest BCUT2D eigenvalue weighted by Crippen LogP contribution is 2.28. The van der Waals surface area contributed by atoms with Gasteiger partial charge in [-0.2, -0.15) is 0 Å². The van der Waals surface area contributed by atoms with E-state index < -0.39 is 0 Å². The maximum atomic E-state index is 13.2. The number of benzene rings is 1. The van der Waals surface area contributed by atoms with Crippen LogP contribution in [0.3, 0.4) is 0 Å². The van der Waals surface area contributed by atoms with Crippen LogP contribution in [0.1, 0.15) is 64.0 Å². The molecular weight excluding hydrogens is 434 g/mol. The lowest BCUT2D eigenvalue weighted by Crippen LogP contribution is -2.47. The van der Waals surface area contributed by atoms with Gasteiger partial charge >= 0.3 is 0 Å². The molecule has 1 unspecified atom stereocenters. The largest absolute Gasteiger partial charge is 0.328 e. The fourth-order valence-corrected chi connectivity index (χ4v) is 5.52. The van der Waals surface area contributed by atoms with Crippen molar-refractivity contribution in [2.24, 2.45) is 0 Å². The van der Waals surface area contributed by atoms with Crippen molar-refractivity contribution in [3.8, 4) is 0 Å². The number of nitrogens with zero attached hydrogens (tertiary/aromatic N) is 3. The number of imidazole rings is 1. The smallest absolute Gasteiger partial charge is 0.242 e. The Bertz CT molecular complexity index is 950. The Morgan fingerprint density at radius 3 is 2.85 bits per heavy atom. The van der Waals surface area contributed by atoms with E-state index in [1.807, 2.05) is 24.7 Å². The summed E-state index contributed by atoms with van der Waals surface area (Å²) in [4.78, 5) is 20.2. The lowest BCUT2D eigenvalue weighted by molar-refractivity contribution is -0.118. The van der Waals surface area contributed by atoms with E-state index in [-0.39, 0.29) is 23.5 Å². The van der Waals surface area contributed by atoms with Crippen molar-refractivity contribution >= 4 is 23.3 Å². The maximum absolute atomic E-state index is 13.2. The van der Waals surface area contributed by atoms with E-state index in [9.17, 15) is 4.79 Å². The first-order valence-electron chi connectivity index (χ1n) is 12.5. The van der Waals surface area contributed by atoms with Gasteiger partial charge in [-0.05, 0) is 82.7 Å². The van der Waals surface area contributed by atoms with Gasteiger partial charge in [-0.15, -0.1) is 0 Å². The molecule has 2 atom stereocenters. The number of aryl methyl sites for hydroxylation is 1. The van der Waals surface area contributed by atoms with Crippen molar-refractivity contribution in [1.29, 1.82) is 0 Å². The number of halogens is 1. The van der Waals surface area contributed by atoms with Crippen LogP contribution in [-0.2, 0) is 23.2 Å². The van der Waals surface area contributed by atoms with Gasteiger partial charge in [-0.25, -0.2) is 4.98 Å². The van der Waals surface area contributed by atoms with E-state index in [4.69, 9.17) is 11.6 Å². The second kappa shape index (κ2) is 10.6. The van der Waals surface area contributed by atoms with Crippen molar-refractivity contribution in [2.45, 2.75) is 83.3 Å². The Kier molecular flexibility index (Phi) is 7.77. The molecule has 1 amide bonds. The van der Waals surface area contributed by atoms with Gasteiger partial charge in [0.1, 0.15) is 0 Å². The van der Waals surface area contributed by atoms with Crippen LogP contribution >= 0.6 is 11.6 Å². The topological polar surface area (TPSA) is 62.2 Å². The molecule has 1 saturated heterocycles. The molecule has 6 nitrogen and oxygen atoms in total. The Hall–Kier alpha value is -1.89. The molecule has 180 valence electrons. The summed E-state index contributed by atoms with van der Waals surface area (Å²) < 4.78 is 2.13. The third kappa shape index (κ3) is 5.97. The number of aromatic nitrogens is 2. The first-order chi connectivity index (χ1) is 15.9. The summed E-state index contributed by atoms with van der Waals surface area (Å²) >= 11 is 6.45. The molecular formula is C26H38ClN5O. The second-order valence-corrected chi connectivity index (χ2v) is 10.7. The summed E-state index contributed by atoms with van der Waals surface area (Å²) in [6.45, 7) is 9.90. The normalized spacial score (nSPS) is 19.9. The number of amides is 1. The number of likely N-dealkylation sites (tertiary alicyclic amines) is 1. The highest BCUT2D eigenvalue weighted by atomic mass is 35.5. The maximum Gasteiger partial charge on any atom is 0.242 e. The van der Waals surface area contributed by atoms with Crippen LogP contribution in [0.15, 0.2) is 30.7 Å². The fraction of sp³-hybridized carbons (Fsp3) is 0.615. The SMILES string of the molecule is CCC[C@H](NC1CCc2cccc(Cl)c2C1)C(=O)Nc1cn(C(C)(C)CN2CCCC2)cn1. The number of fused-ring (bicyclic) bond motifs is 1. The van der Waals surface area contributed by atoms with Gasteiger partial charge in [0.2, 0.25) is 5.91 Å². The van der Waals surface area contributed by atoms with Crippen molar-refractivity contribution in [1.82, 2.24) is 19.8 Å². The molecule has 0 saturated carbocycles. The molecule has 2 heterocycles. The zero-order chi connectivity index (χ0) is 23.4. The average Bonchev–Trinajstić information content (AvgIpc) is 3.46. The lowest BCUT2D eigenvalue weighted by atomic mass is 9.87. The first-order valence-corrected chi connectivity index (χ1v) is 12.8. The van der Waals surface area contributed by atoms with E-state index in [1.54, 1.807) is 0 Å². The lowest BCUT2D eigenvalue weighted by Gasteiger charge is -2.31. The van der Waals surface area contributed by atoms with E-state index >= 15 is 0 Å². The molecule has 2 aliphatic rings. The number of carbonyl (C=O) groups is 1. The molecule has 1 aliphatic carbocycles. The first kappa shape index (κ1) is 24.2. The molecule has 4 rings (SSSR count). The summed E-state index contributed by atoms with van der Waals surface area (Å²) in [6, 6.07) is 6.15. The Balaban J connectivity index is 1.37. The zero-order valence-corrected chi connectivity index (χ0v) is 21.0. The molecule has 2 N–H and O–H groups in total. The van der Waals surface area contributed by atoms with Crippen molar-refractivity contribution in [2.75, 3.05) is 25.0 Å². The third-order valence-electron chi connectivity index (χ3n) is 7.10. The molecule has 7 heteroatoms. The van der Waals surface area contributed by atoms with Crippen molar-refractivity contribution in [3.05, 3.63) is 46.9 Å². The van der Waals surface area contributed by atoms with Crippen molar-refractivity contribution < 1.29 is 4.79 Å². The summed E-state index contributed by atoms with van der Waals surface area (Å²) in [5.74, 6) is 0.610. The summed E-state index contributed by atoms with van der Waals surface area (Å²) in [7, 11) is 0.